The molecule has 0 atom stereocenters. The van der Waals surface area contributed by atoms with Crippen molar-refractivity contribution in [3.05, 3.63) is 67.1 Å². The molecule has 2 rings (SSSR count). The van der Waals surface area contributed by atoms with Crippen molar-refractivity contribution < 1.29 is 9.66 Å². The highest BCUT2D eigenvalue weighted by Crippen LogP contribution is 2.26. The van der Waals surface area contributed by atoms with Crippen molar-refractivity contribution in [3.8, 4) is 5.75 Å². The van der Waals surface area contributed by atoms with Gasteiger partial charge in [0.1, 0.15) is 12.4 Å². The summed E-state index contributed by atoms with van der Waals surface area (Å²) in [7, 11) is 0. The fraction of sp³-hybridized carbons (Fsp3) is 0.143. The molecule has 0 bridgehead atoms. The molecule has 0 amide bonds. The van der Waals surface area contributed by atoms with Crippen molar-refractivity contribution in [2.24, 2.45) is 5.73 Å². The predicted octanol–water partition coefficient (Wildman–Crippen LogP) is 4.05. The number of nitro benzene ring substituents is 1. The molecule has 0 fully saturated rings. The Morgan fingerprint density at radius 3 is 2.67 bits per heavy atom. The molecule has 5 nitrogen and oxygen atoms in total. The Morgan fingerprint density at radius 2 is 2.00 bits per heavy atom. The van der Waals surface area contributed by atoms with E-state index in [4.69, 9.17) is 22.1 Å². The number of nitrogens with zero attached hydrogens (tertiary/aromatic N) is 1. The molecule has 2 aromatic carbocycles. The van der Waals surface area contributed by atoms with Crippen molar-refractivity contribution in [2.45, 2.75) is 13.2 Å². The quantitative estimate of drug-likeness (QED) is 0.635. The van der Waals surface area contributed by atoms with Gasteiger partial charge in [0, 0.05) is 22.1 Å². The molecule has 0 unspecified atom stereocenters. The number of nitro groups is 1. The minimum absolute atomic E-state index is 0.0568. The molecule has 0 heterocycles. The first kappa shape index (κ1) is 15.8. The minimum Gasteiger partial charge on any atom is -0.489 e. The van der Waals surface area contributed by atoms with Gasteiger partial charge in [-0.1, -0.05) is 27.5 Å². The molecule has 0 aliphatic carbocycles. The molecular weight excluding hydrogens is 360 g/mol. The van der Waals surface area contributed by atoms with Crippen LogP contribution in [0.1, 0.15) is 11.1 Å². The molecule has 2 N–H and O–H groups in total. The fourth-order valence-corrected chi connectivity index (χ4v) is 2.36. The van der Waals surface area contributed by atoms with Crippen LogP contribution in [0.5, 0.6) is 5.75 Å². The van der Waals surface area contributed by atoms with E-state index in [0.717, 1.165) is 10.0 Å². The molecule has 0 aromatic heterocycles. The highest BCUT2D eigenvalue weighted by atomic mass is 79.9. The van der Waals surface area contributed by atoms with Crippen LogP contribution in [0, 0.1) is 10.1 Å². The highest BCUT2D eigenvalue weighted by Gasteiger charge is 2.14. The number of benzene rings is 2. The van der Waals surface area contributed by atoms with E-state index in [-0.39, 0.29) is 12.3 Å². The van der Waals surface area contributed by atoms with Gasteiger partial charge in [-0.2, -0.15) is 0 Å². The van der Waals surface area contributed by atoms with Gasteiger partial charge in [0.25, 0.3) is 5.69 Å². The summed E-state index contributed by atoms with van der Waals surface area (Å²) in [6, 6.07) is 9.89. The molecule has 0 saturated heterocycles. The Bertz CT molecular complexity index is 679. The molecule has 0 radical (unpaired) electrons. The number of hydrogen-bond acceptors (Lipinski definition) is 4. The summed E-state index contributed by atoms with van der Waals surface area (Å²) in [5, 5.41) is 11.3. The monoisotopic (exact) mass is 370 g/mol. The van der Waals surface area contributed by atoms with Gasteiger partial charge in [0.2, 0.25) is 0 Å². The molecule has 0 saturated carbocycles. The van der Waals surface area contributed by atoms with Gasteiger partial charge in [-0.25, -0.2) is 0 Å². The smallest absolute Gasteiger partial charge is 0.277 e. The van der Waals surface area contributed by atoms with E-state index < -0.39 is 4.92 Å². The van der Waals surface area contributed by atoms with Gasteiger partial charge in [-0.3, -0.25) is 10.1 Å². The Hall–Kier alpha value is -1.63. The van der Waals surface area contributed by atoms with Crippen molar-refractivity contribution in [1.29, 1.82) is 0 Å². The largest absolute Gasteiger partial charge is 0.489 e. The van der Waals surface area contributed by atoms with E-state index in [0.29, 0.717) is 22.9 Å². The zero-order chi connectivity index (χ0) is 15.4. The topological polar surface area (TPSA) is 78.4 Å². The number of ether oxygens (including phenoxy) is 1. The lowest BCUT2D eigenvalue weighted by Crippen LogP contribution is -2.02. The Labute approximate surface area is 134 Å². The number of halogens is 2. The highest BCUT2D eigenvalue weighted by molar-refractivity contribution is 9.10. The second-order valence-corrected chi connectivity index (χ2v) is 5.57. The van der Waals surface area contributed by atoms with E-state index in [1.807, 2.05) is 6.07 Å². The number of hydrogen-bond donors (Lipinski definition) is 1. The second-order valence-electron chi connectivity index (χ2n) is 4.28. The summed E-state index contributed by atoms with van der Waals surface area (Å²) in [5.74, 6) is 0.600. The lowest BCUT2D eigenvalue weighted by Gasteiger charge is -2.09. The average Bonchev–Trinajstić information content (AvgIpc) is 2.47. The van der Waals surface area contributed by atoms with Crippen LogP contribution in [0.4, 0.5) is 5.69 Å². The SMILES string of the molecule is NCc1cc(OCc2ccc(Cl)cc2[N+](=O)[O-])ccc1Br. The van der Waals surface area contributed by atoms with E-state index in [9.17, 15) is 10.1 Å². The van der Waals surface area contributed by atoms with Crippen molar-refractivity contribution in [1.82, 2.24) is 0 Å². The summed E-state index contributed by atoms with van der Waals surface area (Å²) >= 11 is 9.16. The minimum atomic E-state index is -0.475. The van der Waals surface area contributed by atoms with E-state index >= 15 is 0 Å². The van der Waals surface area contributed by atoms with Gasteiger partial charge >= 0.3 is 0 Å². The van der Waals surface area contributed by atoms with Gasteiger partial charge < -0.3 is 10.5 Å². The van der Waals surface area contributed by atoms with Crippen molar-refractivity contribution in [2.75, 3.05) is 0 Å². The molecule has 110 valence electrons. The number of nitrogens with two attached hydrogens (primary N) is 1. The maximum Gasteiger partial charge on any atom is 0.277 e. The van der Waals surface area contributed by atoms with Gasteiger partial charge in [0.05, 0.1) is 10.5 Å². The molecule has 0 aliphatic rings. The Morgan fingerprint density at radius 1 is 1.24 bits per heavy atom. The van der Waals surface area contributed by atoms with Crippen molar-refractivity contribution in [3.63, 3.8) is 0 Å². The van der Waals surface area contributed by atoms with E-state index in [1.165, 1.54) is 6.07 Å². The third kappa shape index (κ3) is 3.93. The lowest BCUT2D eigenvalue weighted by atomic mass is 10.2. The van der Waals surface area contributed by atoms with Gasteiger partial charge in [0.15, 0.2) is 0 Å². The summed E-state index contributed by atoms with van der Waals surface area (Å²) < 4.78 is 6.49. The fourth-order valence-electron chi connectivity index (χ4n) is 1.79. The average molecular weight is 372 g/mol. The van der Waals surface area contributed by atoms with Crippen LogP contribution in [0.3, 0.4) is 0 Å². The molecule has 2 aromatic rings. The zero-order valence-corrected chi connectivity index (χ0v) is 13.2. The van der Waals surface area contributed by atoms with E-state index in [2.05, 4.69) is 15.9 Å². The summed E-state index contributed by atoms with van der Waals surface area (Å²) in [5.41, 5.74) is 6.92. The summed E-state index contributed by atoms with van der Waals surface area (Å²) in [4.78, 5) is 10.5. The first-order valence-corrected chi connectivity index (χ1v) is 7.22. The summed E-state index contributed by atoms with van der Waals surface area (Å²) in [6.45, 7) is 0.456. The standard InChI is InChI=1S/C14H12BrClN2O3/c15-13-4-3-12(5-10(13)7-17)21-8-9-1-2-11(16)6-14(9)18(19)20/h1-6H,7-8,17H2. The van der Waals surface area contributed by atoms with Crippen LogP contribution in [-0.4, -0.2) is 4.92 Å². The maximum atomic E-state index is 11.0. The Kier molecular flexibility index (Phi) is 5.17. The molecule has 0 spiro atoms. The Balaban J connectivity index is 2.18. The molecular formula is C14H12BrClN2O3. The summed E-state index contributed by atoms with van der Waals surface area (Å²) in [6.07, 6.45) is 0. The van der Waals surface area contributed by atoms with Crippen LogP contribution in [-0.2, 0) is 13.2 Å². The lowest BCUT2D eigenvalue weighted by molar-refractivity contribution is -0.385. The predicted molar refractivity (Wildman–Crippen MR) is 84.5 cm³/mol. The second kappa shape index (κ2) is 6.89. The third-order valence-electron chi connectivity index (χ3n) is 2.88. The molecule has 21 heavy (non-hydrogen) atoms. The molecule has 0 aliphatic heterocycles. The normalized spacial score (nSPS) is 10.4. The number of rotatable bonds is 5. The third-order valence-corrected chi connectivity index (χ3v) is 3.88. The van der Waals surface area contributed by atoms with Crippen LogP contribution >= 0.6 is 27.5 Å². The van der Waals surface area contributed by atoms with Gasteiger partial charge in [-0.15, -0.1) is 0 Å². The van der Waals surface area contributed by atoms with Crippen LogP contribution < -0.4 is 10.5 Å². The maximum absolute atomic E-state index is 11.0. The molecule has 7 heteroatoms. The van der Waals surface area contributed by atoms with Crippen LogP contribution in [0.15, 0.2) is 40.9 Å². The van der Waals surface area contributed by atoms with Crippen LogP contribution in [0.2, 0.25) is 5.02 Å². The van der Waals surface area contributed by atoms with E-state index in [1.54, 1.807) is 24.3 Å². The zero-order valence-electron chi connectivity index (χ0n) is 10.9. The van der Waals surface area contributed by atoms with Crippen molar-refractivity contribution >= 4 is 33.2 Å². The van der Waals surface area contributed by atoms with Crippen LogP contribution in [0.25, 0.3) is 0 Å². The first-order valence-electron chi connectivity index (χ1n) is 6.05. The first-order chi connectivity index (χ1) is 10.0. The van der Waals surface area contributed by atoms with Gasteiger partial charge in [-0.05, 0) is 35.9 Å².